The SMILES string of the molecule is CC(CNC(=O)OCc1ccc([N+](=O)[O-])c(O)c1)C[C@H]1C[C@@H](O[Si](C)(C)C(C)(C)C)CN1C(=O)OC(C)(C)C. The topological polar surface area (TPSA) is 140 Å². The molecule has 0 saturated carbocycles. The number of carbonyl (C=O) groups is 2. The van der Waals surface area contributed by atoms with Crippen LogP contribution < -0.4 is 5.32 Å². The third kappa shape index (κ3) is 9.68. The first-order valence-corrected chi connectivity index (χ1v) is 16.2. The fourth-order valence-corrected chi connectivity index (χ4v) is 5.50. The molecule has 0 aliphatic carbocycles. The Morgan fingerprint density at radius 1 is 1.23 bits per heavy atom. The minimum atomic E-state index is -2.03. The minimum absolute atomic E-state index is 0.0301. The molecule has 39 heavy (non-hydrogen) atoms. The van der Waals surface area contributed by atoms with Gasteiger partial charge in [0.25, 0.3) is 0 Å². The molecule has 0 bridgehead atoms. The summed E-state index contributed by atoms with van der Waals surface area (Å²) in [5.41, 5.74) is -0.605. The van der Waals surface area contributed by atoms with Crippen molar-refractivity contribution in [2.24, 2.45) is 5.92 Å². The van der Waals surface area contributed by atoms with E-state index < -0.39 is 36.4 Å². The molecule has 3 atom stereocenters. The van der Waals surface area contributed by atoms with Crippen molar-refractivity contribution in [2.75, 3.05) is 13.1 Å². The van der Waals surface area contributed by atoms with E-state index in [4.69, 9.17) is 13.9 Å². The molecule has 12 heteroatoms. The van der Waals surface area contributed by atoms with Gasteiger partial charge in [-0.15, -0.1) is 0 Å². The van der Waals surface area contributed by atoms with Crippen molar-refractivity contribution >= 4 is 26.2 Å². The smallest absolute Gasteiger partial charge is 0.410 e. The quantitative estimate of drug-likeness (QED) is 0.212. The van der Waals surface area contributed by atoms with Gasteiger partial charge in [-0.2, -0.15) is 0 Å². The Hall–Kier alpha value is -2.86. The van der Waals surface area contributed by atoms with Crippen molar-refractivity contribution < 1.29 is 33.5 Å². The molecule has 1 aromatic rings. The lowest BCUT2D eigenvalue weighted by Crippen LogP contribution is -2.45. The van der Waals surface area contributed by atoms with Crippen molar-refractivity contribution in [1.82, 2.24) is 10.2 Å². The van der Waals surface area contributed by atoms with Crippen LogP contribution in [-0.2, 0) is 20.5 Å². The number of aromatic hydroxyl groups is 1. The number of phenols is 1. The molecule has 0 radical (unpaired) electrons. The van der Waals surface area contributed by atoms with Gasteiger partial charge in [0.2, 0.25) is 0 Å². The van der Waals surface area contributed by atoms with Crippen LogP contribution in [0.5, 0.6) is 5.75 Å². The highest BCUT2D eigenvalue weighted by Crippen LogP contribution is 2.39. The van der Waals surface area contributed by atoms with E-state index in [9.17, 15) is 24.8 Å². The van der Waals surface area contributed by atoms with Crippen molar-refractivity contribution in [3.8, 4) is 5.75 Å². The van der Waals surface area contributed by atoms with Crippen LogP contribution in [0.2, 0.25) is 18.1 Å². The maximum atomic E-state index is 13.0. The number of amides is 2. The summed E-state index contributed by atoms with van der Waals surface area (Å²) in [5.74, 6) is -0.459. The van der Waals surface area contributed by atoms with E-state index in [1.165, 1.54) is 12.1 Å². The Morgan fingerprint density at radius 2 is 1.87 bits per heavy atom. The standard InChI is InChI=1S/C27H45N3O8Si/c1-18(15-28-24(32)36-17-19-10-11-22(30(34)35)23(31)13-19)12-20-14-21(38-39(8,9)27(5,6)7)16-29(20)25(33)37-26(2,3)4/h10-11,13,18,20-21,31H,12,14-17H2,1-9H3,(H,28,32)/t18?,20-,21+/m0/s1. The maximum Gasteiger partial charge on any atom is 0.410 e. The molecule has 0 aromatic heterocycles. The fraction of sp³-hybridized carbons (Fsp3) is 0.704. The lowest BCUT2D eigenvalue weighted by atomic mass is 9.99. The lowest BCUT2D eigenvalue weighted by Gasteiger charge is -2.38. The van der Waals surface area contributed by atoms with Crippen molar-refractivity contribution in [1.29, 1.82) is 0 Å². The number of nitrogens with zero attached hydrogens (tertiary/aromatic N) is 2. The normalized spacial score (nSPS) is 18.9. The number of ether oxygens (including phenoxy) is 2. The maximum absolute atomic E-state index is 13.0. The summed E-state index contributed by atoms with van der Waals surface area (Å²) in [6.07, 6.45) is 0.262. The first-order chi connectivity index (χ1) is 17.8. The van der Waals surface area contributed by atoms with E-state index in [-0.39, 0.29) is 35.8 Å². The summed E-state index contributed by atoms with van der Waals surface area (Å²) in [7, 11) is -2.03. The van der Waals surface area contributed by atoms with Crippen molar-refractivity contribution in [2.45, 2.75) is 104 Å². The summed E-state index contributed by atoms with van der Waals surface area (Å²) in [4.78, 5) is 37.2. The Morgan fingerprint density at radius 3 is 2.41 bits per heavy atom. The highest BCUT2D eigenvalue weighted by atomic mass is 28.4. The van der Waals surface area contributed by atoms with Gasteiger partial charge in [0.15, 0.2) is 14.1 Å². The number of nitro benzene ring substituents is 1. The molecular formula is C27H45N3O8Si. The van der Waals surface area contributed by atoms with E-state index in [1.54, 1.807) is 4.90 Å². The molecule has 2 rings (SSSR count). The van der Waals surface area contributed by atoms with Crippen molar-refractivity contribution in [3.05, 3.63) is 33.9 Å². The van der Waals surface area contributed by atoms with Gasteiger partial charge in [-0.05, 0) is 75.4 Å². The summed E-state index contributed by atoms with van der Waals surface area (Å²) in [6, 6.07) is 3.68. The molecule has 11 nitrogen and oxygen atoms in total. The Labute approximate surface area is 232 Å². The van der Waals surface area contributed by atoms with Gasteiger partial charge in [-0.25, -0.2) is 9.59 Å². The van der Waals surface area contributed by atoms with E-state index in [2.05, 4.69) is 39.2 Å². The average Bonchev–Trinajstić information content (AvgIpc) is 3.15. The number of benzene rings is 1. The van der Waals surface area contributed by atoms with Crippen LogP contribution in [0.1, 0.15) is 66.9 Å². The van der Waals surface area contributed by atoms with Crippen LogP contribution in [-0.4, -0.2) is 66.3 Å². The molecule has 1 unspecified atom stereocenters. The van der Waals surface area contributed by atoms with Crippen molar-refractivity contribution in [3.63, 3.8) is 0 Å². The third-order valence-electron chi connectivity index (χ3n) is 7.15. The predicted molar refractivity (Wildman–Crippen MR) is 150 cm³/mol. The van der Waals surface area contributed by atoms with Gasteiger partial charge in [0.1, 0.15) is 12.2 Å². The summed E-state index contributed by atoms with van der Waals surface area (Å²) >= 11 is 0. The van der Waals surface area contributed by atoms with Gasteiger partial charge >= 0.3 is 17.9 Å². The summed E-state index contributed by atoms with van der Waals surface area (Å²) in [6.45, 7) is 19.1. The predicted octanol–water partition coefficient (Wildman–Crippen LogP) is 5.95. The zero-order valence-corrected chi connectivity index (χ0v) is 25.7. The zero-order valence-electron chi connectivity index (χ0n) is 24.7. The van der Waals surface area contributed by atoms with Gasteiger partial charge in [0, 0.05) is 25.2 Å². The van der Waals surface area contributed by atoms with E-state index >= 15 is 0 Å². The molecular weight excluding hydrogens is 522 g/mol. The number of likely N-dealkylation sites (tertiary alicyclic amines) is 1. The molecule has 1 fully saturated rings. The van der Waals surface area contributed by atoms with Crippen LogP contribution in [0, 0.1) is 16.0 Å². The van der Waals surface area contributed by atoms with Gasteiger partial charge in [0.05, 0.1) is 11.0 Å². The molecule has 1 heterocycles. The lowest BCUT2D eigenvalue weighted by molar-refractivity contribution is -0.385. The number of nitro groups is 1. The number of carbonyl (C=O) groups excluding carboxylic acids is 2. The molecule has 1 aliphatic heterocycles. The number of phenolic OH excluding ortho intramolecular Hbond substituents is 1. The highest BCUT2D eigenvalue weighted by Gasteiger charge is 2.44. The number of hydrogen-bond acceptors (Lipinski definition) is 8. The van der Waals surface area contributed by atoms with Crippen LogP contribution >= 0.6 is 0 Å². The summed E-state index contributed by atoms with van der Waals surface area (Å²) < 4.78 is 17.5. The summed E-state index contributed by atoms with van der Waals surface area (Å²) in [5, 5.41) is 23.3. The number of rotatable bonds is 9. The zero-order chi connectivity index (χ0) is 29.8. The molecule has 1 aromatic carbocycles. The number of hydrogen-bond donors (Lipinski definition) is 2. The van der Waals surface area contributed by atoms with Crippen LogP contribution in [0.4, 0.5) is 15.3 Å². The van der Waals surface area contributed by atoms with E-state index in [0.29, 0.717) is 31.5 Å². The fourth-order valence-electron chi connectivity index (χ4n) is 4.14. The first-order valence-electron chi connectivity index (χ1n) is 13.3. The van der Waals surface area contributed by atoms with Crippen LogP contribution in [0.15, 0.2) is 18.2 Å². The molecule has 1 saturated heterocycles. The second kappa shape index (κ2) is 12.5. The Kier molecular flexibility index (Phi) is 10.4. The Bertz CT molecular complexity index is 1030. The van der Waals surface area contributed by atoms with E-state index in [0.717, 1.165) is 6.07 Å². The minimum Gasteiger partial charge on any atom is -0.502 e. The van der Waals surface area contributed by atoms with Gasteiger partial charge in [-0.3, -0.25) is 10.1 Å². The van der Waals surface area contributed by atoms with Crippen LogP contribution in [0.3, 0.4) is 0 Å². The first kappa shape index (κ1) is 32.3. The largest absolute Gasteiger partial charge is 0.502 e. The van der Waals surface area contributed by atoms with Gasteiger partial charge < -0.3 is 29.2 Å². The monoisotopic (exact) mass is 567 g/mol. The molecule has 1 aliphatic rings. The number of nitrogens with one attached hydrogen (secondary N) is 1. The number of alkyl carbamates (subject to hydrolysis) is 1. The highest BCUT2D eigenvalue weighted by molar-refractivity contribution is 6.74. The molecule has 220 valence electrons. The third-order valence-corrected chi connectivity index (χ3v) is 11.7. The second-order valence-corrected chi connectivity index (χ2v) is 17.7. The van der Waals surface area contributed by atoms with Gasteiger partial charge in [-0.1, -0.05) is 27.7 Å². The molecule has 0 spiro atoms. The molecule has 2 N–H and O–H groups in total. The Balaban J connectivity index is 1.95. The van der Waals surface area contributed by atoms with Crippen LogP contribution in [0.25, 0.3) is 0 Å². The molecule has 2 amide bonds. The second-order valence-electron chi connectivity index (χ2n) is 12.9. The van der Waals surface area contributed by atoms with E-state index in [1.807, 2.05) is 27.7 Å². The average molecular weight is 568 g/mol.